The normalized spacial score (nSPS) is 27.9. The molecule has 1 nitrogen and oxygen atoms in total. The van der Waals surface area contributed by atoms with Gasteiger partial charge in [-0.05, 0) is 30.5 Å². The Morgan fingerprint density at radius 1 is 1.35 bits per heavy atom. The molecule has 1 aliphatic heterocycles. The number of hydrogen-bond acceptors (Lipinski definition) is 2. The van der Waals surface area contributed by atoms with E-state index in [9.17, 15) is 4.39 Å². The summed E-state index contributed by atoms with van der Waals surface area (Å²) in [6, 6.07) is 5.72. The number of benzene rings is 1. The lowest BCUT2D eigenvalue weighted by Crippen LogP contribution is -2.35. The average Bonchev–Trinajstić information content (AvgIpc) is 2.31. The van der Waals surface area contributed by atoms with Gasteiger partial charge in [0.15, 0.2) is 0 Å². The molecular formula is C14H20FNS. The molecule has 1 aromatic rings. The minimum Gasteiger partial charge on any atom is -0.310 e. The van der Waals surface area contributed by atoms with Crippen LogP contribution in [0.4, 0.5) is 4.39 Å². The second-order valence-corrected chi connectivity index (χ2v) is 6.16. The fourth-order valence-corrected chi connectivity index (χ4v) is 3.59. The Balaban J connectivity index is 2.35. The summed E-state index contributed by atoms with van der Waals surface area (Å²) < 4.78 is 13.8. The Morgan fingerprint density at radius 3 is 2.82 bits per heavy atom. The summed E-state index contributed by atoms with van der Waals surface area (Å²) in [5, 5.41) is 4.01. The van der Waals surface area contributed by atoms with Gasteiger partial charge in [0.05, 0.1) is 0 Å². The zero-order valence-electron chi connectivity index (χ0n) is 10.7. The molecule has 0 bridgehead atoms. The number of thioether (sulfide) groups is 1. The highest BCUT2D eigenvalue weighted by atomic mass is 32.2. The van der Waals surface area contributed by atoms with E-state index in [0.717, 1.165) is 23.4 Å². The molecule has 3 unspecified atom stereocenters. The standard InChI is InChI=1S/C14H20FNS/c1-4-8-16-13-9(2)10(3)17-14-11(13)6-5-7-12(14)15/h5-7,9-10,13,16H,4,8H2,1-3H3. The van der Waals surface area contributed by atoms with Gasteiger partial charge in [-0.2, -0.15) is 0 Å². The monoisotopic (exact) mass is 253 g/mol. The Morgan fingerprint density at radius 2 is 2.12 bits per heavy atom. The van der Waals surface area contributed by atoms with Crippen molar-refractivity contribution >= 4 is 11.8 Å². The molecule has 0 aliphatic carbocycles. The van der Waals surface area contributed by atoms with Gasteiger partial charge in [0, 0.05) is 16.2 Å². The van der Waals surface area contributed by atoms with Gasteiger partial charge >= 0.3 is 0 Å². The minimum atomic E-state index is -0.0745. The number of nitrogens with one attached hydrogen (secondary N) is 1. The second kappa shape index (κ2) is 5.40. The third-order valence-corrected chi connectivity index (χ3v) is 4.98. The lowest BCUT2D eigenvalue weighted by atomic mass is 9.91. The second-order valence-electron chi connectivity index (χ2n) is 4.77. The van der Waals surface area contributed by atoms with E-state index in [0.29, 0.717) is 11.2 Å². The van der Waals surface area contributed by atoms with E-state index in [1.807, 2.05) is 6.07 Å². The molecule has 0 saturated heterocycles. The largest absolute Gasteiger partial charge is 0.310 e. The molecule has 1 N–H and O–H groups in total. The van der Waals surface area contributed by atoms with Crippen molar-refractivity contribution in [3.8, 4) is 0 Å². The van der Waals surface area contributed by atoms with Gasteiger partial charge in [0.25, 0.3) is 0 Å². The highest BCUT2D eigenvalue weighted by Gasteiger charge is 2.32. The van der Waals surface area contributed by atoms with Crippen LogP contribution in [0.1, 0.15) is 38.8 Å². The number of halogens is 1. The summed E-state index contributed by atoms with van der Waals surface area (Å²) in [5.41, 5.74) is 1.13. The fraction of sp³-hybridized carbons (Fsp3) is 0.571. The number of hydrogen-bond donors (Lipinski definition) is 1. The van der Waals surface area contributed by atoms with Crippen molar-refractivity contribution in [3.05, 3.63) is 29.6 Å². The van der Waals surface area contributed by atoms with Crippen LogP contribution >= 0.6 is 11.8 Å². The molecule has 0 saturated carbocycles. The predicted octanol–water partition coefficient (Wildman–Crippen LogP) is 4.00. The van der Waals surface area contributed by atoms with E-state index >= 15 is 0 Å². The molecular weight excluding hydrogens is 233 g/mol. The van der Waals surface area contributed by atoms with Crippen molar-refractivity contribution in [2.24, 2.45) is 5.92 Å². The Hall–Kier alpha value is -0.540. The molecule has 2 rings (SSSR count). The van der Waals surface area contributed by atoms with Crippen molar-refractivity contribution in [2.45, 2.75) is 43.4 Å². The van der Waals surface area contributed by atoms with Crippen molar-refractivity contribution in [1.29, 1.82) is 0 Å². The van der Waals surface area contributed by atoms with Gasteiger partial charge in [-0.1, -0.05) is 32.9 Å². The van der Waals surface area contributed by atoms with Crippen LogP contribution in [0.5, 0.6) is 0 Å². The van der Waals surface area contributed by atoms with E-state index in [-0.39, 0.29) is 11.9 Å². The molecule has 1 aromatic carbocycles. The van der Waals surface area contributed by atoms with Crippen molar-refractivity contribution in [3.63, 3.8) is 0 Å². The topological polar surface area (TPSA) is 12.0 Å². The molecule has 1 aliphatic rings. The molecule has 0 radical (unpaired) electrons. The van der Waals surface area contributed by atoms with E-state index in [1.54, 1.807) is 17.8 Å². The van der Waals surface area contributed by atoms with Crippen molar-refractivity contribution in [2.75, 3.05) is 6.54 Å². The molecule has 3 atom stereocenters. The van der Waals surface area contributed by atoms with Gasteiger partial charge < -0.3 is 5.32 Å². The Kier molecular flexibility index (Phi) is 4.10. The van der Waals surface area contributed by atoms with Gasteiger partial charge in [-0.3, -0.25) is 0 Å². The first-order chi connectivity index (χ1) is 8.15. The highest BCUT2D eigenvalue weighted by Crippen LogP contribution is 2.45. The fourth-order valence-electron chi connectivity index (χ4n) is 2.34. The molecule has 3 heteroatoms. The van der Waals surface area contributed by atoms with Crippen LogP contribution in [-0.2, 0) is 0 Å². The quantitative estimate of drug-likeness (QED) is 0.874. The van der Waals surface area contributed by atoms with Crippen LogP contribution in [0, 0.1) is 11.7 Å². The summed E-state index contributed by atoms with van der Waals surface area (Å²) >= 11 is 1.67. The van der Waals surface area contributed by atoms with E-state index in [4.69, 9.17) is 0 Å². The summed E-state index contributed by atoms with van der Waals surface area (Å²) in [6.45, 7) is 7.58. The van der Waals surface area contributed by atoms with Crippen LogP contribution in [0.15, 0.2) is 23.1 Å². The van der Waals surface area contributed by atoms with Crippen molar-refractivity contribution in [1.82, 2.24) is 5.32 Å². The lowest BCUT2D eigenvalue weighted by molar-refractivity contribution is 0.369. The minimum absolute atomic E-state index is 0.0745. The highest BCUT2D eigenvalue weighted by molar-refractivity contribution is 8.00. The van der Waals surface area contributed by atoms with Crippen molar-refractivity contribution < 1.29 is 4.39 Å². The summed E-state index contributed by atoms with van der Waals surface area (Å²) in [7, 11) is 0. The predicted molar refractivity (Wildman–Crippen MR) is 71.9 cm³/mol. The Bertz CT molecular complexity index is 394. The average molecular weight is 253 g/mol. The molecule has 0 spiro atoms. The first kappa shape index (κ1) is 12.9. The first-order valence-corrected chi connectivity index (χ1v) is 7.21. The number of fused-ring (bicyclic) bond motifs is 1. The third kappa shape index (κ3) is 2.50. The maximum atomic E-state index is 13.8. The summed E-state index contributed by atoms with van der Waals surface area (Å²) in [5.74, 6) is 0.454. The zero-order valence-corrected chi connectivity index (χ0v) is 11.5. The van der Waals surface area contributed by atoms with Crippen LogP contribution in [0.25, 0.3) is 0 Å². The molecule has 0 aromatic heterocycles. The SMILES string of the molecule is CCCNC1c2cccc(F)c2SC(C)C1C. The van der Waals surface area contributed by atoms with Crippen LogP contribution < -0.4 is 5.32 Å². The van der Waals surface area contributed by atoms with Gasteiger partial charge in [0.1, 0.15) is 5.82 Å². The Labute approximate surface area is 107 Å². The smallest absolute Gasteiger partial charge is 0.137 e. The lowest BCUT2D eigenvalue weighted by Gasteiger charge is -2.36. The van der Waals surface area contributed by atoms with Gasteiger partial charge in [0.2, 0.25) is 0 Å². The zero-order chi connectivity index (χ0) is 12.4. The van der Waals surface area contributed by atoms with Gasteiger partial charge in [-0.15, -0.1) is 11.8 Å². The van der Waals surface area contributed by atoms with E-state index < -0.39 is 0 Å². The summed E-state index contributed by atoms with van der Waals surface area (Å²) in [4.78, 5) is 0.840. The molecule has 0 amide bonds. The first-order valence-electron chi connectivity index (χ1n) is 6.33. The van der Waals surface area contributed by atoms with E-state index in [1.165, 1.54) is 0 Å². The maximum Gasteiger partial charge on any atom is 0.137 e. The van der Waals surface area contributed by atoms with Crippen LogP contribution in [0.2, 0.25) is 0 Å². The molecule has 0 fully saturated rings. The van der Waals surface area contributed by atoms with E-state index in [2.05, 4.69) is 32.2 Å². The molecule has 94 valence electrons. The molecule has 17 heavy (non-hydrogen) atoms. The summed E-state index contributed by atoms with van der Waals surface area (Å²) in [6.07, 6.45) is 1.11. The molecule has 1 heterocycles. The van der Waals surface area contributed by atoms with Gasteiger partial charge in [-0.25, -0.2) is 4.39 Å². The van der Waals surface area contributed by atoms with Crippen LogP contribution in [0.3, 0.4) is 0 Å². The maximum absolute atomic E-state index is 13.8. The number of rotatable bonds is 3. The third-order valence-electron chi connectivity index (χ3n) is 3.52. The van der Waals surface area contributed by atoms with Crippen LogP contribution in [-0.4, -0.2) is 11.8 Å².